The quantitative estimate of drug-likeness (QED) is 0.133. The van der Waals surface area contributed by atoms with Crippen molar-refractivity contribution in [2.24, 2.45) is 5.41 Å². The zero-order chi connectivity index (χ0) is 21.8. The maximum absolute atomic E-state index is 11.7. The Bertz CT molecular complexity index is 374. The van der Waals surface area contributed by atoms with Gasteiger partial charge in [-0.15, -0.1) is 0 Å². The third-order valence-electron chi connectivity index (χ3n) is 6.20. The fourth-order valence-electron chi connectivity index (χ4n) is 4.09. The average Bonchev–Trinajstić information content (AvgIpc) is 2.69. The molecule has 30 heavy (non-hydrogen) atoms. The van der Waals surface area contributed by atoms with Crippen molar-refractivity contribution in [3.8, 4) is 0 Å². The van der Waals surface area contributed by atoms with Crippen molar-refractivity contribution in [1.29, 1.82) is 0 Å². The van der Waals surface area contributed by atoms with E-state index in [1.165, 1.54) is 64.2 Å². The van der Waals surface area contributed by atoms with E-state index in [2.05, 4.69) is 13.8 Å². The second-order valence-electron chi connectivity index (χ2n) is 8.81. The molecule has 0 rings (SSSR count). The monoisotopic (exact) mass is 450 g/mol. The summed E-state index contributed by atoms with van der Waals surface area (Å²) in [7, 11) is 0. The number of carboxylic acid groups (broad SMARTS) is 2. The number of carbonyl (C=O) groups is 2. The number of hydrogen-bond acceptors (Lipinski definition) is 4. The van der Waals surface area contributed by atoms with Gasteiger partial charge in [0.1, 0.15) is 0 Å². The minimum Gasteiger partial charge on any atom is -0.549 e. The van der Waals surface area contributed by atoms with Crippen molar-refractivity contribution in [3.05, 3.63) is 0 Å². The number of carbonyl (C=O) groups excluding carboxylic acids is 2. The molecular weight excluding hydrogens is 404 g/mol. The number of rotatable bonds is 22. The van der Waals surface area contributed by atoms with E-state index in [1.54, 1.807) is 0 Å². The zero-order valence-electron chi connectivity index (χ0n) is 20.0. The van der Waals surface area contributed by atoms with Crippen LogP contribution in [0.25, 0.3) is 0 Å². The molecule has 4 nitrogen and oxygen atoms in total. The maximum atomic E-state index is 11.7. The minimum absolute atomic E-state index is 0. The second kappa shape index (κ2) is 22.4. The van der Waals surface area contributed by atoms with Gasteiger partial charge in [0, 0.05) is 5.41 Å². The molecule has 0 aromatic heterocycles. The summed E-state index contributed by atoms with van der Waals surface area (Å²) in [6.45, 7) is 4.41. The predicted molar refractivity (Wildman–Crippen MR) is 122 cm³/mol. The van der Waals surface area contributed by atoms with Gasteiger partial charge >= 0.3 is 37.7 Å². The Morgan fingerprint density at radius 1 is 0.500 bits per heavy atom. The van der Waals surface area contributed by atoms with Crippen molar-refractivity contribution in [3.63, 3.8) is 0 Å². The molecule has 0 spiro atoms. The standard InChI is InChI=1S/C25H48O4.Ca/c1-3-5-7-9-11-13-15-17-19-21-25(23(26)27,24(28)29)22-20-18-16-14-12-10-8-6-4-2;/h3-22H2,1-2H3,(H,26,27)(H,28,29);/q;+2/p-2. The van der Waals surface area contributed by atoms with Crippen molar-refractivity contribution in [2.45, 2.75) is 142 Å². The Morgan fingerprint density at radius 2 is 0.733 bits per heavy atom. The summed E-state index contributed by atoms with van der Waals surface area (Å²) in [6.07, 6.45) is 20.2. The number of carboxylic acids is 2. The van der Waals surface area contributed by atoms with Crippen LogP contribution in [0.5, 0.6) is 0 Å². The summed E-state index contributed by atoms with van der Waals surface area (Å²) >= 11 is 0. The summed E-state index contributed by atoms with van der Waals surface area (Å²) in [4.78, 5) is 23.3. The van der Waals surface area contributed by atoms with Crippen LogP contribution in [0.3, 0.4) is 0 Å². The van der Waals surface area contributed by atoms with E-state index >= 15 is 0 Å². The Labute approximate surface area is 216 Å². The minimum atomic E-state index is -1.80. The van der Waals surface area contributed by atoms with Crippen molar-refractivity contribution in [1.82, 2.24) is 0 Å². The van der Waals surface area contributed by atoms with Crippen LogP contribution in [-0.2, 0) is 9.59 Å². The molecule has 0 unspecified atom stereocenters. The van der Waals surface area contributed by atoms with Gasteiger partial charge in [-0.3, -0.25) is 0 Å². The van der Waals surface area contributed by atoms with Crippen molar-refractivity contribution >= 4 is 49.7 Å². The third-order valence-corrected chi connectivity index (χ3v) is 6.20. The maximum Gasteiger partial charge on any atom is 2.00 e. The van der Waals surface area contributed by atoms with E-state index in [0.29, 0.717) is 12.8 Å². The van der Waals surface area contributed by atoms with Crippen LogP contribution >= 0.6 is 0 Å². The van der Waals surface area contributed by atoms with E-state index < -0.39 is 17.4 Å². The van der Waals surface area contributed by atoms with Crippen LogP contribution in [0.4, 0.5) is 0 Å². The first-order valence-electron chi connectivity index (χ1n) is 12.4. The molecule has 0 heterocycles. The van der Waals surface area contributed by atoms with Crippen LogP contribution in [0.15, 0.2) is 0 Å². The summed E-state index contributed by atoms with van der Waals surface area (Å²) in [5.41, 5.74) is -1.80. The fourth-order valence-corrected chi connectivity index (χ4v) is 4.09. The van der Waals surface area contributed by atoms with Gasteiger partial charge in [-0.25, -0.2) is 0 Å². The molecule has 5 heteroatoms. The largest absolute Gasteiger partial charge is 2.00 e. The molecule has 0 radical (unpaired) electrons. The molecule has 0 bridgehead atoms. The molecule has 0 amide bonds. The van der Waals surface area contributed by atoms with Crippen LogP contribution < -0.4 is 10.2 Å². The summed E-state index contributed by atoms with van der Waals surface area (Å²) < 4.78 is 0. The first-order valence-corrected chi connectivity index (χ1v) is 12.4. The molecule has 0 saturated carbocycles. The van der Waals surface area contributed by atoms with Crippen LogP contribution in [0, 0.1) is 5.41 Å². The first-order chi connectivity index (χ1) is 14.0. The molecule has 0 aromatic carbocycles. The topological polar surface area (TPSA) is 80.3 Å². The molecule has 0 saturated heterocycles. The van der Waals surface area contributed by atoms with E-state index in [0.717, 1.165) is 38.5 Å². The van der Waals surface area contributed by atoms with Gasteiger partial charge in [0.2, 0.25) is 0 Å². The normalized spacial score (nSPS) is 11.3. The number of unbranched alkanes of at least 4 members (excludes halogenated alkanes) is 16. The summed E-state index contributed by atoms with van der Waals surface area (Å²) in [6, 6.07) is 0. The molecule has 0 fully saturated rings. The Balaban J connectivity index is 0. The average molecular weight is 451 g/mol. The Morgan fingerprint density at radius 3 is 0.967 bits per heavy atom. The van der Waals surface area contributed by atoms with E-state index in [1.807, 2.05) is 0 Å². The van der Waals surface area contributed by atoms with Gasteiger partial charge in [0.25, 0.3) is 0 Å². The van der Waals surface area contributed by atoms with Gasteiger partial charge in [-0.1, -0.05) is 129 Å². The van der Waals surface area contributed by atoms with E-state index in [4.69, 9.17) is 0 Å². The number of hydrogen-bond donors (Lipinski definition) is 0. The first kappa shape index (κ1) is 32.4. The molecule has 0 aliphatic heterocycles. The molecule has 0 N–H and O–H groups in total. The van der Waals surface area contributed by atoms with Crippen molar-refractivity contribution in [2.75, 3.05) is 0 Å². The molecule has 0 aliphatic rings. The zero-order valence-corrected chi connectivity index (χ0v) is 22.2. The molecule has 172 valence electrons. The Kier molecular flexibility index (Phi) is 24.2. The van der Waals surface area contributed by atoms with Crippen LogP contribution in [0.2, 0.25) is 0 Å². The van der Waals surface area contributed by atoms with E-state index in [-0.39, 0.29) is 50.6 Å². The van der Waals surface area contributed by atoms with E-state index in [9.17, 15) is 19.8 Å². The summed E-state index contributed by atoms with van der Waals surface area (Å²) in [5, 5.41) is 23.3. The van der Waals surface area contributed by atoms with Gasteiger partial charge in [0.05, 0.1) is 11.9 Å². The van der Waals surface area contributed by atoms with Crippen LogP contribution in [-0.4, -0.2) is 49.7 Å². The summed E-state index contributed by atoms with van der Waals surface area (Å²) in [5.74, 6) is -2.92. The third kappa shape index (κ3) is 15.9. The molecule has 0 aliphatic carbocycles. The Hall–Kier alpha value is 0.200. The van der Waals surface area contributed by atoms with Gasteiger partial charge in [-0.05, 0) is 12.8 Å². The van der Waals surface area contributed by atoms with Crippen molar-refractivity contribution < 1.29 is 19.8 Å². The van der Waals surface area contributed by atoms with Gasteiger partial charge in [0.15, 0.2) is 0 Å². The SMILES string of the molecule is CCCCCCCCCCCC(CCCCCCCCCCC)(C(=O)[O-])C(=O)[O-].[Ca+2]. The number of aliphatic carboxylic acids is 2. The molecular formula is C25H46CaO4. The fraction of sp³-hybridized carbons (Fsp3) is 0.920. The predicted octanol–water partition coefficient (Wildman–Crippen LogP) is 4.93. The van der Waals surface area contributed by atoms with Gasteiger partial charge < -0.3 is 19.8 Å². The smallest absolute Gasteiger partial charge is 0.549 e. The van der Waals surface area contributed by atoms with Gasteiger partial charge in [-0.2, -0.15) is 0 Å². The molecule has 0 atom stereocenters. The second-order valence-corrected chi connectivity index (χ2v) is 8.81. The molecule has 0 aromatic rings. The van der Waals surface area contributed by atoms with Crippen LogP contribution in [0.1, 0.15) is 142 Å².